The summed E-state index contributed by atoms with van der Waals surface area (Å²) in [6, 6.07) is 5.70. The first kappa shape index (κ1) is 14.7. The number of benzene rings is 1. The molecule has 0 bridgehead atoms. The van der Waals surface area contributed by atoms with Crippen LogP contribution in [0.3, 0.4) is 0 Å². The average molecular weight is 250 g/mol. The van der Waals surface area contributed by atoms with Crippen molar-refractivity contribution in [1.29, 1.82) is 0 Å². The van der Waals surface area contributed by atoms with Crippen molar-refractivity contribution in [3.05, 3.63) is 34.9 Å². The largest absolute Gasteiger partial charge is 0.383 e. The number of aryl methyl sites for hydroxylation is 1. The zero-order valence-electron chi connectivity index (χ0n) is 11.3. The number of hydrogen-bond acceptors (Lipinski definition) is 3. The Morgan fingerprint density at radius 1 is 1.44 bits per heavy atom. The molecule has 4 nitrogen and oxygen atoms in total. The normalized spacial score (nSPS) is 12.2. The number of methoxy groups -OCH3 is 1. The molecule has 0 saturated carbocycles. The number of carbonyl (C=O) groups excluding carboxylic acids is 1. The molecule has 1 atom stereocenters. The van der Waals surface area contributed by atoms with E-state index in [-0.39, 0.29) is 11.9 Å². The Balaban J connectivity index is 2.77. The molecule has 0 aliphatic rings. The van der Waals surface area contributed by atoms with Crippen molar-refractivity contribution in [2.75, 3.05) is 20.3 Å². The van der Waals surface area contributed by atoms with Crippen molar-refractivity contribution in [3.63, 3.8) is 0 Å². The number of rotatable bonds is 6. The first-order valence-corrected chi connectivity index (χ1v) is 6.16. The third-order valence-electron chi connectivity index (χ3n) is 3.07. The molecule has 0 aromatic heterocycles. The predicted molar refractivity (Wildman–Crippen MR) is 72.7 cm³/mol. The lowest BCUT2D eigenvalue weighted by Crippen LogP contribution is -2.39. The van der Waals surface area contributed by atoms with E-state index in [0.29, 0.717) is 25.1 Å². The van der Waals surface area contributed by atoms with Gasteiger partial charge in [-0.15, -0.1) is 0 Å². The summed E-state index contributed by atoms with van der Waals surface area (Å²) in [6.45, 7) is 4.96. The monoisotopic (exact) mass is 250 g/mol. The van der Waals surface area contributed by atoms with E-state index in [0.717, 1.165) is 11.1 Å². The lowest BCUT2D eigenvalue weighted by molar-refractivity contribution is 0.0892. The van der Waals surface area contributed by atoms with Gasteiger partial charge in [0.05, 0.1) is 12.6 Å². The summed E-state index contributed by atoms with van der Waals surface area (Å²) in [5.74, 6) is -0.0632. The van der Waals surface area contributed by atoms with Crippen LogP contribution < -0.4 is 11.1 Å². The molecule has 1 rings (SSSR count). The fraction of sp³-hybridized carbons (Fsp3) is 0.500. The molecule has 1 aromatic carbocycles. The second-order valence-corrected chi connectivity index (χ2v) is 4.45. The van der Waals surface area contributed by atoms with Crippen LogP contribution in [0, 0.1) is 13.8 Å². The van der Waals surface area contributed by atoms with Crippen LogP contribution in [0.15, 0.2) is 18.2 Å². The Morgan fingerprint density at radius 3 is 2.78 bits per heavy atom. The van der Waals surface area contributed by atoms with E-state index in [1.807, 2.05) is 32.0 Å². The Hall–Kier alpha value is -1.39. The zero-order chi connectivity index (χ0) is 13.5. The van der Waals surface area contributed by atoms with Crippen LogP contribution in [0.1, 0.15) is 27.9 Å². The first-order chi connectivity index (χ1) is 8.60. The fourth-order valence-electron chi connectivity index (χ4n) is 1.86. The predicted octanol–water partition coefficient (Wildman–Crippen LogP) is 1.40. The maximum absolute atomic E-state index is 12.2. The van der Waals surface area contributed by atoms with Gasteiger partial charge in [-0.25, -0.2) is 0 Å². The minimum Gasteiger partial charge on any atom is -0.383 e. The van der Waals surface area contributed by atoms with Gasteiger partial charge in [0.1, 0.15) is 0 Å². The maximum atomic E-state index is 12.2. The van der Waals surface area contributed by atoms with Crippen LogP contribution in [0.4, 0.5) is 0 Å². The molecule has 1 aromatic rings. The molecular weight excluding hydrogens is 228 g/mol. The highest BCUT2D eigenvalue weighted by atomic mass is 16.5. The molecule has 3 N–H and O–H groups in total. The SMILES string of the molecule is COCC(CCN)NC(=O)c1cccc(C)c1C. The molecule has 0 aliphatic carbocycles. The van der Waals surface area contributed by atoms with Gasteiger partial charge in [-0.05, 0) is 44.0 Å². The second-order valence-electron chi connectivity index (χ2n) is 4.45. The highest BCUT2D eigenvalue weighted by Crippen LogP contribution is 2.12. The van der Waals surface area contributed by atoms with Crippen molar-refractivity contribution in [1.82, 2.24) is 5.32 Å². The number of ether oxygens (including phenoxy) is 1. The van der Waals surface area contributed by atoms with Gasteiger partial charge < -0.3 is 15.8 Å². The Morgan fingerprint density at radius 2 is 2.17 bits per heavy atom. The molecule has 0 spiro atoms. The minimum absolute atomic E-state index is 0.0348. The van der Waals surface area contributed by atoms with E-state index in [4.69, 9.17) is 10.5 Å². The van der Waals surface area contributed by atoms with Crippen LogP contribution in [0.25, 0.3) is 0 Å². The van der Waals surface area contributed by atoms with Crippen LogP contribution in [-0.4, -0.2) is 32.2 Å². The van der Waals surface area contributed by atoms with Crippen LogP contribution in [0.5, 0.6) is 0 Å². The summed E-state index contributed by atoms with van der Waals surface area (Å²) in [6.07, 6.45) is 0.713. The van der Waals surface area contributed by atoms with E-state index in [9.17, 15) is 4.79 Å². The molecule has 1 amide bonds. The summed E-state index contributed by atoms with van der Waals surface area (Å²) in [5, 5.41) is 2.96. The molecule has 1 unspecified atom stereocenters. The van der Waals surface area contributed by atoms with Crippen molar-refractivity contribution < 1.29 is 9.53 Å². The van der Waals surface area contributed by atoms with Crippen LogP contribution >= 0.6 is 0 Å². The summed E-state index contributed by atoms with van der Waals surface area (Å²) < 4.78 is 5.08. The first-order valence-electron chi connectivity index (χ1n) is 6.16. The summed E-state index contributed by atoms with van der Waals surface area (Å²) in [7, 11) is 1.62. The molecule has 100 valence electrons. The molecule has 0 heterocycles. The Bertz CT molecular complexity index is 399. The molecule has 4 heteroatoms. The highest BCUT2D eigenvalue weighted by Gasteiger charge is 2.15. The molecule has 0 aliphatic heterocycles. The van der Waals surface area contributed by atoms with Crippen molar-refractivity contribution in [2.24, 2.45) is 5.73 Å². The average Bonchev–Trinajstić information content (AvgIpc) is 2.33. The number of carbonyl (C=O) groups is 1. The van der Waals surface area contributed by atoms with Gasteiger partial charge in [-0.3, -0.25) is 4.79 Å². The molecule has 18 heavy (non-hydrogen) atoms. The van der Waals surface area contributed by atoms with E-state index in [2.05, 4.69) is 5.32 Å². The minimum atomic E-state index is -0.0632. The third kappa shape index (κ3) is 3.82. The Kier molecular flexibility index (Phi) is 5.82. The second kappa shape index (κ2) is 7.13. The van der Waals surface area contributed by atoms with Crippen molar-refractivity contribution in [2.45, 2.75) is 26.3 Å². The number of amides is 1. The smallest absolute Gasteiger partial charge is 0.251 e. The van der Waals surface area contributed by atoms with Gasteiger partial charge in [-0.2, -0.15) is 0 Å². The number of nitrogens with one attached hydrogen (secondary N) is 1. The molecule has 0 saturated heterocycles. The summed E-state index contributed by atoms with van der Waals surface area (Å²) in [5.41, 5.74) is 8.37. The molecule has 0 fully saturated rings. The quantitative estimate of drug-likeness (QED) is 0.802. The van der Waals surface area contributed by atoms with Crippen LogP contribution in [-0.2, 0) is 4.74 Å². The van der Waals surface area contributed by atoms with Gasteiger partial charge in [-0.1, -0.05) is 12.1 Å². The fourth-order valence-corrected chi connectivity index (χ4v) is 1.86. The molecule has 0 radical (unpaired) electrons. The van der Waals surface area contributed by atoms with Gasteiger partial charge in [0.15, 0.2) is 0 Å². The highest BCUT2D eigenvalue weighted by molar-refractivity contribution is 5.96. The number of hydrogen-bond donors (Lipinski definition) is 2. The third-order valence-corrected chi connectivity index (χ3v) is 3.07. The molecular formula is C14H22N2O2. The van der Waals surface area contributed by atoms with E-state index >= 15 is 0 Å². The van der Waals surface area contributed by atoms with Gasteiger partial charge in [0.25, 0.3) is 5.91 Å². The van der Waals surface area contributed by atoms with E-state index in [1.165, 1.54) is 0 Å². The lowest BCUT2D eigenvalue weighted by Gasteiger charge is -2.18. The van der Waals surface area contributed by atoms with E-state index in [1.54, 1.807) is 7.11 Å². The van der Waals surface area contributed by atoms with Gasteiger partial charge in [0.2, 0.25) is 0 Å². The Labute approximate surface area is 109 Å². The van der Waals surface area contributed by atoms with Gasteiger partial charge >= 0.3 is 0 Å². The van der Waals surface area contributed by atoms with Crippen molar-refractivity contribution >= 4 is 5.91 Å². The van der Waals surface area contributed by atoms with Crippen molar-refractivity contribution in [3.8, 4) is 0 Å². The maximum Gasteiger partial charge on any atom is 0.251 e. The van der Waals surface area contributed by atoms with E-state index < -0.39 is 0 Å². The topological polar surface area (TPSA) is 64.3 Å². The summed E-state index contributed by atoms with van der Waals surface area (Å²) in [4.78, 5) is 12.2. The number of nitrogens with two attached hydrogens (primary N) is 1. The zero-order valence-corrected chi connectivity index (χ0v) is 11.3. The summed E-state index contributed by atoms with van der Waals surface area (Å²) >= 11 is 0. The van der Waals surface area contributed by atoms with Crippen LogP contribution in [0.2, 0.25) is 0 Å². The lowest BCUT2D eigenvalue weighted by atomic mass is 10.0. The van der Waals surface area contributed by atoms with Gasteiger partial charge in [0, 0.05) is 12.7 Å². The standard InChI is InChI=1S/C14H22N2O2/c1-10-5-4-6-13(11(10)2)14(17)16-12(7-8-15)9-18-3/h4-6,12H,7-9,15H2,1-3H3,(H,16,17).